The predicted octanol–water partition coefficient (Wildman–Crippen LogP) is -0.107. The van der Waals surface area contributed by atoms with E-state index >= 15 is 0 Å². The van der Waals surface area contributed by atoms with E-state index < -0.39 is 0 Å². The van der Waals surface area contributed by atoms with Gasteiger partial charge in [-0.15, -0.1) is 5.10 Å². The van der Waals surface area contributed by atoms with E-state index in [1.165, 1.54) is 6.42 Å². The number of anilines is 1. The van der Waals surface area contributed by atoms with Crippen molar-refractivity contribution in [2.24, 2.45) is 5.92 Å². The molecule has 2 N–H and O–H groups in total. The molecule has 13 heavy (non-hydrogen) atoms. The Morgan fingerprint density at radius 3 is 3.23 bits per heavy atom. The SMILES string of the molecule is c1cnc(NCC2CCNC2)nn1. The molecule has 0 radical (unpaired) electrons. The molecule has 0 bridgehead atoms. The van der Waals surface area contributed by atoms with Crippen LogP contribution < -0.4 is 10.6 Å². The number of nitrogens with zero attached hydrogens (tertiary/aromatic N) is 3. The van der Waals surface area contributed by atoms with E-state index in [4.69, 9.17) is 0 Å². The van der Waals surface area contributed by atoms with Gasteiger partial charge in [-0.1, -0.05) is 0 Å². The van der Waals surface area contributed by atoms with E-state index in [1.807, 2.05) is 0 Å². The van der Waals surface area contributed by atoms with Crippen LogP contribution in [-0.2, 0) is 0 Å². The number of aromatic nitrogens is 3. The number of hydrogen-bond donors (Lipinski definition) is 2. The van der Waals surface area contributed by atoms with Gasteiger partial charge in [-0.2, -0.15) is 5.10 Å². The van der Waals surface area contributed by atoms with Crippen LogP contribution in [0, 0.1) is 5.92 Å². The maximum atomic E-state index is 4.03. The van der Waals surface area contributed by atoms with Crippen molar-refractivity contribution in [2.45, 2.75) is 6.42 Å². The summed E-state index contributed by atoms with van der Waals surface area (Å²) < 4.78 is 0. The third-order valence-electron chi connectivity index (χ3n) is 2.19. The molecule has 5 heteroatoms. The van der Waals surface area contributed by atoms with Crippen LogP contribution in [0.2, 0.25) is 0 Å². The lowest BCUT2D eigenvalue weighted by molar-refractivity contribution is 0.612. The summed E-state index contributed by atoms with van der Waals surface area (Å²) in [6.45, 7) is 3.15. The minimum atomic E-state index is 0.620. The lowest BCUT2D eigenvalue weighted by atomic mass is 10.1. The molecule has 1 aliphatic rings. The van der Waals surface area contributed by atoms with Gasteiger partial charge in [0.2, 0.25) is 5.95 Å². The van der Waals surface area contributed by atoms with E-state index in [1.54, 1.807) is 12.4 Å². The van der Waals surface area contributed by atoms with E-state index in [0.717, 1.165) is 19.6 Å². The highest BCUT2D eigenvalue weighted by molar-refractivity contribution is 5.20. The Balaban J connectivity index is 1.79. The Labute approximate surface area is 77.0 Å². The Hall–Kier alpha value is -1.23. The van der Waals surface area contributed by atoms with Gasteiger partial charge in [-0.25, -0.2) is 4.98 Å². The molecule has 1 aromatic rings. The molecular weight excluding hydrogens is 166 g/mol. The first kappa shape index (κ1) is 8.37. The third kappa shape index (κ3) is 2.35. The van der Waals surface area contributed by atoms with E-state index in [9.17, 15) is 0 Å². The molecule has 2 rings (SSSR count). The first-order chi connectivity index (χ1) is 6.45. The van der Waals surface area contributed by atoms with Crippen LogP contribution in [0.25, 0.3) is 0 Å². The quantitative estimate of drug-likeness (QED) is 0.678. The summed E-state index contributed by atoms with van der Waals surface area (Å²) in [6.07, 6.45) is 4.44. The fourth-order valence-electron chi connectivity index (χ4n) is 1.45. The van der Waals surface area contributed by atoms with E-state index in [0.29, 0.717) is 11.9 Å². The Morgan fingerprint density at radius 2 is 2.54 bits per heavy atom. The van der Waals surface area contributed by atoms with Crippen molar-refractivity contribution in [3.63, 3.8) is 0 Å². The fourth-order valence-corrected chi connectivity index (χ4v) is 1.45. The molecule has 2 heterocycles. The summed E-state index contributed by atoms with van der Waals surface area (Å²) in [4.78, 5) is 4.03. The van der Waals surface area contributed by atoms with E-state index in [-0.39, 0.29) is 0 Å². The van der Waals surface area contributed by atoms with Gasteiger partial charge in [0.05, 0.1) is 12.4 Å². The summed E-state index contributed by atoms with van der Waals surface area (Å²) in [5, 5.41) is 14.1. The molecule has 0 saturated carbocycles. The molecule has 0 amide bonds. The molecule has 1 fully saturated rings. The van der Waals surface area contributed by atoms with Crippen molar-refractivity contribution in [2.75, 3.05) is 25.0 Å². The van der Waals surface area contributed by atoms with Crippen molar-refractivity contribution in [1.29, 1.82) is 0 Å². The van der Waals surface area contributed by atoms with Gasteiger partial charge in [-0.3, -0.25) is 0 Å². The zero-order valence-corrected chi connectivity index (χ0v) is 7.40. The van der Waals surface area contributed by atoms with Gasteiger partial charge in [0.1, 0.15) is 0 Å². The monoisotopic (exact) mass is 179 g/mol. The standard InChI is InChI=1S/C8H13N5/c1-2-9-5-7(1)6-11-8-10-3-4-12-13-8/h3-4,7,9H,1-2,5-6H2,(H,10,11,13). The van der Waals surface area contributed by atoms with Crippen LogP contribution in [0.5, 0.6) is 0 Å². The van der Waals surface area contributed by atoms with Crippen molar-refractivity contribution in [3.8, 4) is 0 Å². The largest absolute Gasteiger partial charge is 0.353 e. The average Bonchev–Trinajstić information content (AvgIpc) is 2.69. The maximum absolute atomic E-state index is 4.03. The van der Waals surface area contributed by atoms with Crippen LogP contribution in [0.3, 0.4) is 0 Å². The third-order valence-corrected chi connectivity index (χ3v) is 2.19. The smallest absolute Gasteiger partial charge is 0.242 e. The second kappa shape index (κ2) is 4.13. The molecule has 0 spiro atoms. The predicted molar refractivity (Wildman–Crippen MR) is 49.3 cm³/mol. The van der Waals surface area contributed by atoms with Gasteiger partial charge < -0.3 is 10.6 Å². The minimum Gasteiger partial charge on any atom is -0.353 e. The molecule has 1 aromatic heterocycles. The normalized spacial score (nSPS) is 21.7. The summed E-state index contributed by atoms with van der Waals surface area (Å²) in [5.41, 5.74) is 0. The second-order valence-electron chi connectivity index (χ2n) is 3.21. The number of nitrogens with one attached hydrogen (secondary N) is 2. The molecular formula is C8H13N5. The van der Waals surface area contributed by atoms with Crippen LogP contribution in [0.1, 0.15) is 6.42 Å². The van der Waals surface area contributed by atoms with Gasteiger partial charge in [0, 0.05) is 6.54 Å². The van der Waals surface area contributed by atoms with Crippen LogP contribution in [0.15, 0.2) is 12.4 Å². The van der Waals surface area contributed by atoms with Gasteiger partial charge in [0.15, 0.2) is 0 Å². The molecule has 70 valence electrons. The molecule has 5 nitrogen and oxygen atoms in total. The summed E-state index contributed by atoms with van der Waals surface area (Å²) in [5.74, 6) is 1.32. The second-order valence-corrected chi connectivity index (χ2v) is 3.21. The molecule has 1 saturated heterocycles. The fraction of sp³-hybridized carbons (Fsp3) is 0.625. The van der Waals surface area contributed by atoms with Crippen LogP contribution >= 0.6 is 0 Å². The van der Waals surface area contributed by atoms with Crippen molar-refractivity contribution < 1.29 is 0 Å². The van der Waals surface area contributed by atoms with Crippen molar-refractivity contribution >= 4 is 5.95 Å². The molecule has 1 aliphatic heterocycles. The topological polar surface area (TPSA) is 62.7 Å². The lowest BCUT2D eigenvalue weighted by Crippen LogP contribution is -2.18. The summed E-state index contributed by atoms with van der Waals surface area (Å²) in [7, 11) is 0. The Kier molecular flexibility index (Phi) is 2.66. The highest BCUT2D eigenvalue weighted by atomic mass is 15.2. The van der Waals surface area contributed by atoms with Crippen LogP contribution in [-0.4, -0.2) is 34.8 Å². The zero-order chi connectivity index (χ0) is 8.93. The van der Waals surface area contributed by atoms with Gasteiger partial charge in [0.25, 0.3) is 0 Å². The number of hydrogen-bond acceptors (Lipinski definition) is 5. The first-order valence-electron chi connectivity index (χ1n) is 4.53. The minimum absolute atomic E-state index is 0.620. The average molecular weight is 179 g/mol. The molecule has 1 atom stereocenters. The van der Waals surface area contributed by atoms with Gasteiger partial charge in [-0.05, 0) is 25.4 Å². The molecule has 1 unspecified atom stereocenters. The molecule has 0 aromatic carbocycles. The van der Waals surface area contributed by atoms with Crippen molar-refractivity contribution in [1.82, 2.24) is 20.5 Å². The van der Waals surface area contributed by atoms with E-state index in [2.05, 4.69) is 25.8 Å². The first-order valence-corrected chi connectivity index (χ1v) is 4.53. The van der Waals surface area contributed by atoms with Crippen LogP contribution in [0.4, 0.5) is 5.95 Å². The zero-order valence-electron chi connectivity index (χ0n) is 7.40. The van der Waals surface area contributed by atoms with Crippen molar-refractivity contribution in [3.05, 3.63) is 12.4 Å². The summed E-state index contributed by atoms with van der Waals surface area (Å²) >= 11 is 0. The summed E-state index contributed by atoms with van der Waals surface area (Å²) in [6, 6.07) is 0. The lowest BCUT2D eigenvalue weighted by Gasteiger charge is -2.08. The Bertz CT molecular complexity index is 244. The number of rotatable bonds is 3. The van der Waals surface area contributed by atoms with Gasteiger partial charge >= 0.3 is 0 Å². The molecule has 0 aliphatic carbocycles. The highest BCUT2D eigenvalue weighted by Crippen LogP contribution is 2.07. The maximum Gasteiger partial charge on any atom is 0.242 e. The highest BCUT2D eigenvalue weighted by Gasteiger charge is 2.13. The Morgan fingerprint density at radius 1 is 1.54 bits per heavy atom.